The lowest BCUT2D eigenvalue weighted by molar-refractivity contribution is -0.134. The minimum Gasteiger partial charge on any atom is -0.466 e. The number of hydrogen-bond donors (Lipinski definition) is 1. The molecule has 1 unspecified atom stereocenters. The highest BCUT2D eigenvalue weighted by atomic mass is 16.5. The fourth-order valence-electron chi connectivity index (χ4n) is 1.43. The van der Waals surface area contributed by atoms with Gasteiger partial charge < -0.3 is 9.84 Å². The number of aliphatic hydroxyl groups is 1. The van der Waals surface area contributed by atoms with Crippen molar-refractivity contribution in [2.24, 2.45) is 0 Å². The third-order valence-corrected chi connectivity index (χ3v) is 2.28. The highest BCUT2D eigenvalue weighted by Gasteiger charge is 2.11. The molecule has 1 N–H and O–H groups in total. The summed E-state index contributed by atoms with van der Waals surface area (Å²) in [5.74, 6) is -0.303. The SMILES string of the molecule is C/C=C/C(=O)OC.OC1C=Cc2ccccc21. The van der Waals surface area contributed by atoms with Crippen LogP contribution in [0.25, 0.3) is 6.08 Å². The number of methoxy groups -OCH3 is 1. The van der Waals surface area contributed by atoms with E-state index >= 15 is 0 Å². The average Bonchev–Trinajstić information content (AvgIpc) is 2.73. The fraction of sp³-hybridized carbons (Fsp3) is 0.214. The number of benzene rings is 1. The van der Waals surface area contributed by atoms with Crippen molar-refractivity contribution in [1.29, 1.82) is 0 Å². The van der Waals surface area contributed by atoms with Crippen LogP contribution in [0.2, 0.25) is 0 Å². The Labute approximate surface area is 101 Å². The van der Waals surface area contributed by atoms with Crippen LogP contribution in [0.3, 0.4) is 0 Å². The number of hydrogen-bond acceptors (Lipinski definition) is 3. The fourth-order valence-corrected chi connectivity index (χ4v) is 1.43. The quantitative estimate of drug-likeness (QED) is 0.597. The van der Waals surface area contributed by atoms with Crippen molar-refractivity contribution >= 4 is 12.0 Å². The van der Waals surface area contributed by atoms with Gasteiger partial charge in [-0.05, 0) is 18.1 Å². The zero-order valence-corrected chi connectivity index (χ0v) is 9.96. The third-order valence-electron chi connectivity index (χ3n) is 2.28. The summed E-state index contributed by atoms with van der Waals surface area (Å²) in [5.41, 5.74) is 2.15. The number of carbonyl (C=O) groups is 1. The highest BCUT2D eigenvalue weighted by molar-refractivity contribution is 5.81. The lowest BCUT2D eigenvalue weighted by Crippen LogP contribution is -1.92. The molecule has 1 aliphatic rings. The molecule has 1 aromatic carbocycles. The molecule has 1 aliphatic carbocycles. The predicted molar refractivity (Wildman–Crippen MR) is 67.3 cm³/mol. The van der Waals surface area contributed by atoms with Crippen molar-refractivity contribution in [2.45, 2.75) is 13.0 Å². The van der Waals surface area contributed by atoms with Crippen LogP contribution >= 0.6 is 0 Å². The van der Waals surface area contributed by atoms with Crippen LogP contribution in [-0.2, 0) is 9.53 Å². The van der Waals surface area contributed by atoms with Gasteiger partial charge in [-0.25, -0.2) is 4.79 Å². The van der Waals surface area contributed by atoms with Gasteiger partial charge in [-0.15, -0.1) is 0 Å². The van der Waals surface area contributed by atoms with Gasteiger partial charge in [0.05, 0.1) is 13.2 Å². The molecule has 2 rings (SSSR count). The van der Waals surface area contributed by atoms with Gasteiger partial charge >= 0.3 is 5.97 Å². The second kappa shape index (κ2) is 6.66. The Balaban J connectivity index is 0.000000185. The molecule has 0 saturated heterocycles. The van der Waals surface area contributed by atoms with Crippen LogP contribution in [-0.4, -0.2) is 18.2 Å². The van der Waals surface area contributed by atoms with Crippen molar-refractivity contribution in [3.8, 4) is 0 Å². The maximum Gasteiger partial charge on any atom is 0.330 e. The first-order valence-corrected chi connectivity index (χ1v) is 5.35. The van der Waals surface area contributed by atoms with Gasteiger partial charge in [0.15, 0.2) is 0 Å². The van der Waals surface area contributed by atoms with E-state index in [2.05, 4.69) is 4.74 Å². The highest BCUT2D eigenvalue weighted by Crippen LogP contribution is 2.26. The van der Waals surface area contributed by atoms with Crippen LogP contribution in [0.4, 0.5) is 0 Å². The Morgan fingerprint density at radius 1 is 1.41 bits per heavy atom. The van der Waals surface area contributed by atoms with Gasteiger partial charge in [-0.3, -0.25) is 0 Å². The Bertz CT molecular complexity index is 433. The lowest BCUT2D eigenvalue weighted by atomic mass is 10.1. The van der Waals surface area contributed by atoms with Crippen LogP contribution in [0.15, 0.2) is 42.5 Å². The number of ether oxygens (including phenoxy) is 1. The molecule has 3 heteroatoms. The van der Waals surface area contributed by atoms with Crippen molar-refractivity contribution in [3.63, 3.8) is 0 Å². The van der Waals surface area contributed by atoms with Gasteiger partial charge in [0.25, 0.3) is 0 Å². The van der Waals surface area contributed by atoms with Gasteiger partial charge in [0, 0.05) is 6.08 Å². The number of aliphatic hydroxyl groups excluding tert-OH is 1. The van der Waals surface area contributed by atoms with E-state index in [1.165, 1.54) is 13.2 Å². The van der Waals surface area contributed by atoms with E-state index in [0.29, 0.717) is 0 Å². The van der Waals surface area contributed by atoms with Crippen LogP contribution in [0.1, 0.15) is 24.2 Å². The number of carbonyl (C=O) groups excluding carboxylic acids is 1. The Hall–Kier alpha value is -1.87. The maximum atomic E-state index is 10.1. The number of allylic oxidation sites excluding steroid dienone is 1. The standard InChI is InChI=1S/C9H8O.C5H8O2/c10-9-6-5-7-3-1-2-4-8(7)9;1-3-4-5(6)7-2/h1-6,9-10H;3-4H,1-2H3/b;4-3+. The first kappa shape index (κ1) is 13.2. The molecular weight excluding hydrogens is 216 g/mol. The topological polar surface area (TPSA) is 46.5 Å². The van der Waals surface area contributed by atoms with Gasteiger partial charge in [-0.1, -0.05) is 42.5 Å². The largest absolute Gasteiger partial charge is 0.466 e. The molecule has 0 aromatic heterocycles. The first-order valence-electron chi connectivity index (χ1n) is 5.35. The molecule has 3 nitrogen and oxygen atoms in total. The summed E-state index contributed by atoms with van der Waals surface area (Å²) in [5, 5.41) is 9.29. The smallest absolute Gasteiger partial charge is 0.330 e. The van der Waals surface area contributed by atoms with Crippen molar-refractivity contribution < 1.29 is 14.6 Å². The monoisotopic (exact) mass is 232 g/mol. The molecular formula is C14H16O3. The molecule has 0 fully saturated rings. The van der Waals surface area contributed by atoms with Gasteiger partial charge in [0.1, 0.15) is 0 Å². The molecule has 0 bridgehead atoms. The van der Waals surface area contributed by atoms with E-state index in [1.807, 2.05) is 30.3 Å². The zero-order valence-electron chi connectivity index (χ0n) is 9.96. The number of fused-ring (bicyclic) bond motifs is 1. The molecule has 17 heavy (non-hydrogen) atoms. The minimum absolute atomic E-state index is 0.303. The summed E-state index contributed by atoms with van der Waals surface area (Å²) in [6.07, 6.45) is 6.35. The zero-order chi connectivity index (χ0) is 12.7. The molecule has 1 atom stereocenters. The second-order valence-corrected chi connectivity index (χ2v) is 3.46. The Morgan fingerprint density at radius 2 is 2.12 bits per heavy atom. The molecule has 0 heterocycles. The van der Waals surface area contributed by atoms with E-state index in [4.69, 9.17) is 0 Å². The van der Waals surface area contributed by atoms with Crippen molar-refractivity contribution in [1.82, 2.24) is 0 Å². The summed E-state index contributed by atoms with van der Waals surface area (Å²) in [7, 11) is 1.35. The molecule has 0 spiro atoms. The number of rotatable bonds is 1. The van der Waals surface area contributed by atoms with Gasteiger partial charge in [0.2, 0.25) is 0 Å². The summed E-state index contributed by atoms with van der Waals surface area (Å²) in [4.78, 5) is 10.1. The van der Waals surface area contributed by atoms with E-state index in [9.17, 15) is 9.90 Å². The van der Waals surface area contributed by atoms with Crippen LogP contribution < -0.4 is 0 Å². The van der Waals surface area contributed by atoms with Crippen molar-refractivity contribution in [3.05, 3.63) is 53.6 Å². The molecule has 0 radical (unpaired) electrons. The van der Waals surface area contributed by atoms with Gasteiger partial charge in [-0.2, -0.15) is 0 Å². The summed E-state index contributed by atoms with van der Waals surface area (Å²) in [6, 6.07) is 7.86. The molecule has 0 amide bonds. The summed E-state index contributed by atoms with van der Waals surface area (Å²) >= 11 is 0. The van der Waals surface area contributed by atoms with E-state index in [-0.39, 0.29) is 12.1 Å². The number of esters is 1. The molecule has 0 aliphatic heterocycles. The predicted octanol–water partition coefficient (Wildman–Crippen LogP) is 2.48. The van der Waals surface area contributed by atoms with Crippen molar-refractivity contribution in [2.75, 3.05) is 7.11 Å². The summed E-state index contributed by atoms with van der Waals surface area (Å²) in [6.45, 7) is 1.76. The Morgan fingerprint density at radius 3 is 2.65 bits per heavy atom. The minimum atomic E-state index is -0.379. The normalized spacial score (nSPS) is 16.3. The van der Waals surface area contributed by atoms with Crippen LogP contribution in [0, 0.1) is 0 Å². The molecule has 1 aromatic rings. The van der Waals surface area contributed by atoms with E-state index in [0.717, 1.165) is 11.1 Å². The second-order valence-electron chi connectivity index (χ2n) is 3.46. The van der Waals surface area contributed by atoms with Crippen LogP contribution in [0.5, 0.6) is 0 Å². The first-order chi connectivity index (χ1) is 8.19. The summed E-state index contributed by atoms with van der Waals surface area (Å²) < 4.78 is 4.26. The lowest BCUT2D eigenvalue weighted by Gasteiger charge is -2.00. The Kier molecular flexibility index (Phi) is 5.17. The molecule has 90 valence electrons. The average molecular weight is 232 g/mol. The third kappa shape index (κ3) is 3.89. The van der Waals surface area contributed by atoms with E-state index in [1.54, 1.807) is 19.1 Å². The molecule has 0 saturated carbocycles. The maximum absolute atomic E-state index is 10.1. The van der Waals surface area contributed by atoms with E-state index < -0.39 is 0 Å².